The number of rotatable bonds is 3. The second-order valence-electron chi connectivity index (χ2n) is 4.81. The van der Waals surface area contributed by atoms with Gasteiger partial charge in [0.1, 0.15) is 5.60 Å². The standard InChI is InChI=1S/C16H18O2/c1-2-8-14(13-9-4-3-5-10-13)16(18)12-7-6-11-15(16)17/h3-5,8-10,14,18H,1,6-7,11-12H2/t14-,16-/m0/s1. The van der Waals surface area contributed by atoms with Gasteiger partial charge in [-0.25, -0.2) is 0 Å². The van der Waals surface area contributed by atoms with Crippen LogP contribution < -0.4 is 0 Å². The minimum Gasteiger partial charge on any atom is -0.381 e. The quantitative estimate of drug-likeness (QED) is 0.827. The fourth-order valence-electron chi connectivity index (χ4n) is 2.65. The number of hydrogen-bond donors (Lipinski definition) is 1. The fraction of sp³-hybridized carbons (Fsp3) is 0.375. The van der Waals surface area contributed by atoms with Crippen molar-refractivity contribution in [2.24, 2.45) is 0 Å². The van der Waals surface area contributed by atoms with E-state index in [1.54, 1.807) is 6.08 Å². The molecule has 0 unspecified atom stereocenters. The highest BCUT2D eigenvalue weighted by Gasteiger charge is 2.44. The molecule has 1 saturated carbocycles. The molecule has 94 valence electrons. The molecule has 0 heterocycles. The summed E-state index contributed by atoms with van der Waals surface area (Å²) in [6.45, 7) is 3.57. The van der Waals surface area contributed by atoms with E-state index in [-0.39, 0.29) is 11.7 Å². The molecule has 1 N–H and O–H groups in total. The zero-order valence-electron chi connectivity index (χ0n) is 10.4. The monoisotopic (exact) mass is 242 g/mol. The lowest BCUT2D eigenvalue weighted by molar-refractivity contribution is -0.142. The van der Waals surface area contributed by atoms with Gasteiger partial charge in [0, 0.05) is 12.3 Å². The zero-order chi connectivity index (χ0) is 13.0. The Kier molecular flexibility index (Phi) is 3.81. The molecule has 0 aromatic heterocycles. The van der Waals surface area contributed by atoms with Gasteiger partial charge < -0.3 is 5.11 Å². The lowest BCUT2D eigenvalue weighted by atomic mass is 9.72. The molecule has 1 aromatic rings. The molecule has 18 heavy (non-hydrogen) atoms. The highest BCUT2D eigenvalue weighted by Crippen LogP contribution is 2.38. The van der Waals surface area contributed by atoms with Crippen molar-refractivity contribution in [3.63, 3.8) is 0 Å². The largest absolute Gasteiger partial charge is 0.381 e. The van der Waals surface area contributed by atoms with Crippen molar-refractivity contribution in [1.29, 1.82) is 0 Å². The summed E-state index contributed by atoms with van der Waals surface area (Å²) in [5.74, 6) is -0.405. The normalized spacial score (nSPS) is 25.3. The van der Waals surface area contributed by atoms with E-state index in [4.69, 9.17) is 0 Å². The SMILES string of the molecule is C=C=C[C@@H](c1ccccc1)[C@@]1(O)CCCCC1=O. The van der Waals surface area contributed by atoms with Crippen molar-refractivity contribution in [2.75, 3.05) is 0 Å². The molecule has 1 aromatic carbocycles. The minimum absolute atomic E-state index is 0.0610. The second-order valence-corrected chi connectivity index (χ2v) is 4.81. The average Bonchev–Trinajstić information content (AvgIpc) is 2.40. The van der Waals surface area contributed by atoms with Crippen LogP contribution in [0.2, 0.25) is 0 Å². The van der Waals surface area contributed by atoms with Crippen LogP contribution in [-0.2, 0) is 4.79 Å². The molecular weight excluding hydrogens is 224 g/mol. The number of carbonyl (C=O) groups is 1. The first-order valence-electron chi connectivity index (χ1n) is 6.35. The maximum atomic E-state index is 12.1. The minimum atomic E-state index is -1.29. The van der Waals surface area contributed by atoms with Gasteiger partial charge in [-0.3, -0.25) is 4.79 Å². The molecule has 2 nitrogen and oxygen atoms in total. The molecule has 1 aliphatic carbocycles. The predicted molar refractivity (Wildman–Crippen MR) is 71.3 cm³/mol. The molecule has 0 bridgehead atoms. The Bertz CT molecular complexity index is 471. The van der Waals surface area contributed by atoms with Crippen molar-refractivity contribution < 1.29 is 9.90 Å². The van der Waals surface area contributed by atoms with Crippen LogP contribution in [0.4, 0.5) is 0 Å². The Labute approximate surface area is 108 Å². The fourth-order valence-corrected chi connectivity index (χ4v) is 2.65. The Morgan fingerprint density at radius 2 is 2.06 bits per heavy atom. The van der Waals surface area contributed by atoms with Crippen molar-refractivity contribution in [2.45, 2.75) is 37.2 Å². The molecule has 0 saturated heterocycles. The van der Waals surface area contributed by atoms with E-state index in [0.29, 0.717) is 12.8 Å². The molecule has 0 amide bonds. The molecule has 2 atom stereocenters. The second kappa shape index (κ2) is 5.34. The van der Waals surface area contributed by atoms with E-state index in [1.807, 2.05) is 30.3 Å². The summed E-state index contributed by atoms with van der Waals surface area (Å²) in [5, 5.41) is 10.7. The van der Waals surface area contributed by atoms with Gasteiger partial charge in [-0.15, -0.1) is 5.73 Å². The lowest BCUT2D eigenvalue weighted by Crippen LogP contribution is -2.46. The zero-order valence-corrected chi connectivity index (χ0v) is 10.4. The molecule has 2 heteroatoms. The van der Waals surface area contributed by atoms with Crippen LogP contribution in [0.5, 0.6) is 0 Å². The number of carbonyl (C=O) groups excluding carboxylic acids is 1. The Morgan fingerprint density at radius 3 is 2.67 bits per heavy atom. The van der Waals surface area contributed by atoms with Gasteiger partial charge in [0.05, 0.1) is 0 Å². The van der Waals surface area contributed by atoms with Gasteiger partial charge in [-0.2, -0.15) is 0 Å². The molecule has 0 aliphatic heterocycles. The van der Waals surface area contributed by atoms with E-state index < -0.39 is 5.60 Å². The van der Waals surface area contributed by atoms with Crippen LogP contribution in [-0.4, -0.2) is 16.5 Å². The van der Waals surface area contributed by atoms with Gasteiger partial charge in [-0.1, -0.05) is 36.9 Å². The summed E-state index contributed by atoms with van der Waals surface area (Å²) in [6, 6.07) is 9.60. The first kappa shape index (κ1) is 12.8. The first-order chi connectivity index (χ1) is 8.68. The molecule has 1 fully saturated rings. The molecule has 2 rings (SSSR count). The summed E-state index contributed by atoms with van der Waals surface area (Å²) in [7, 11) is 0. The Morgan fingerprint density at radius 1 is 1.33 bits per heavy atom. The highest BCUT2D eigenvalue weighted by molar-refractivity contribution is 5.89. The number of Topliss-reactive ketones (excluding diaryl/α,β-unsaturated/α-hetero) is 1. The average molecular weight is 242 g/mol. The third kappa shape index (κ3) is 2.31. The van der Waals surface area contributed by atoms with Gasteiger partial charge in [-0.05, 0) is 30.9 Å². The molecule has 0 radical (unpaired) electrons. The summed E-state index contributed by atoms with van der Waals surface area (Å²) in [5.41, 5.74) is 2.37. The van der Waals surface area contributed by atoms with E-state index in [1.165, 1.54) is 0 Å². The summed E-state index contributed by atoms with van der Waals surface area (Å²) in [6.07, 6.45) is 4.45. The van der Waals surface area contributed by atoms with Crippen molar-refractivity contribution in [1.82, 2.24) is 0 Å². The number of hydrogen-bond acceptors (Lipinski definition) is 2. The third-order valence-corrected chi connectivity index (χ3v) is 3.65. The van der Waals surface area contributed by atoms with Crippen LogP contribution >= 0.6 is 0 Å². The van der Waals surface area contributed by atoms with Gasteiger partial charge in [0.25, 0.3) is 0 Å². The van der Waals surface area contributed by atoms with Crippen LogP contribution in [0.25, 0.3) is 0 Å². The van der Waals surface area contributed by atoms with Crippen LogP contribution in [0.1, 0.15) is 37.2 Å². The maximum absolute atomic E-state index is 12.1. The van der Waals surface area contributed by atoms with E-state index in [0.717, 1.165) is 18.4 Å². The van der Waals surface area contributed by atoms with E-state index >= 15 is 0 Å². The third-order valence-electron chi connectivity index (χ3n) is 3.65. The van der Waals surface area contributed by atoms with E-state index in [2.05, 4.69) is 12.3 Å². The molecule has 1 aliphatic rings. The molecular formula is C16H18O2. The highest BCUT2D eigenvalue weighted by atomic mass is 16.3. The Hall–Kier alpha value is -1.63. The van der Waals surface area contributed by atoms with Gasteiger partial charge in [0.2, 0.25) is 0 Å². The number of aliphatic hydroxyl groups is 1. The van der Waals surface area contributed by atoms with Gasteiger partial charge >= 0.3 is 0 Å². The Balaban J connectivity index is 2.41. The number of ketones is 1. The number of benzene rings is 1. The molecule has 0 spiro atoms. The van der Waals surface area contributed by atoms with Crippen LogP contribution in [0.3, 0.4) is 0 Å². The van der Waals surface area contributed by atoms with Crippen molar-refractivity contribution in [3.8, 4) is 0 Å². The van der Waals surface area contributed by atoms with Gasteiger partial charge in [0.15, 0.2) is 5.78 Å². The van der Waals surface area contributed by atoms with Crippen molar-refractivity contribution in [3.05, 3.63) is 54.3 Å². The lowest BCUT2D eigenvalue weighted by Gasteiger charge is -2.36. The summed E-state index contributed by atoms with van der Waals surface area (Å²) in [4.78, 5) is 12.1. The van der Waals surface area contributed by atoms with Crippen LogP contribution in [0, 0.1) is 0 Å². The smallest absolute Gasteiger partial charge is 0.165 e. The van der Waals surface area contributed by atoms with Crippen LogP contribution in [0.15, 0.2) is 48.7 Å². The maximum Gasteiger partial charge on any atom is 0.165 e. The summed E-state index contributed by atoms with van der Waals surface area (Å²) >= 11 is 0. The predicted octanol–water partition coefficient (Wildman–Crippen LogP) is 2.99. The first-order valence-corrected chi connectivity index (χ1v) is 6.35. The van der Waals surface area contributed by atoms with E-state index in [9.17, 15) is 9.90 Å². The summed E-state index contributed by atoms with van der Waals surface area (Å²) < 4.78 is 0. The van der Waals surface area contributed by atoms with Crippen molar-refractivity contribution >= 4 is 5.78 Å². The topological polar surface area (TPSA) is 37.3 Å².